The summed E-state index contributed by atoms with van der Waals surface area (Å²) in [7, 11) is 3.18. The molecule has 0 saturated heterocycles. The monoisotopic (exact) mass is 623 g/mol. The van der Waals surface area contributed by atoms with Crippen molar-refractivity contribution < 1.29 is 18.6 Å². The first-order chi connectivity index (χ1) is 20.4. The lowest BCUT2D eigenvalue weighted by Crippen LogP contribution is -2.20. The molecule has 8 nitrogen and oxygen atoms in total. The van der Waals surface area contributed by atoms with Gasteiger partial charge in [0.2, 0.25) is 5.82 Å². The van der Waals surface area contributed by atoms with Crippen molar-refractivity contribution in [3.63, 3.8) is 0 Å². The first-order valence-corrected chi connectivity index (χ1v) is 13.9. The number of methoxy groups -OCH3 is 2. The second-order valence-electron chi connectivity index (χ2n) is 9.60. The second-order valence-corrected chi connectivity index (χ2v) is 10.5. The minimum Gasteiger partial charge on any atom is -0.496 e. The fourth-order valence-corrected chi connectivity index (χ4v) is 5.02. The summed E-state index contributed by atoms with van der Waals surface area (Å²) in [6.45, 7) is 2.43. The Morgan fingerprint density at radius 3 is 2.48 bits per heavy atom. The van der Waals surface area contributed by atoms with Gasteiger partial charge in [0.05, 0.1) is 36.7 Å². The predicted molar refractivity (Wildman–Crippen MR) is 167 cm³/mol. The molecule has 4 aromatic carbocycles. The number of aromatic nitrogens is 2. The maximum Gasteiger partial charge on any atom is 0.282 e. The molecular formula is C33H26BrN3O5. The number of nitrogens with zero attached hydrogens (tertiary/aromatic N) is 3. The number of para-hydroxylation sites is 1. The van der Waals surface area contributed by atoms with Crippen LogP contribution in [0.3, 0.4) is 0 Å². The molecule has 0 fully saturated rings. The zero-order valence-electron chi connectivity index (χ0n) is 23.1. The van der Waals surface area contributed by atoms with Gasteiger partial charge >= 0.3 is 0 Å². The zero-order valence-corrected chi connectivity index (χ0v) is 24.7. The van der Waals surface area contributed by atoms with Gasteiger partial charge in [0.1, 0.15) is 17.9 Å². The maximum absolute atomic E-state index is 13.7. The van der Waals surface area contributed by atoms with Crippen LogP contribution in [0.2, 0.25) is 0 Å². The number of rotatable bonds is 8. The number of fused-ring (bicyclic) bond motifs is 2. The molecule has 2 aromatic heterocycles. The molecule has 210 valence electrons. The van der Waals surface area contributed by atoms with E-state index in [1.165, 1.54) is 10.2 Å². The van der Waals surface area contributed by atoms with E-state index in [0.29, 0.717) is 56.1 Å². The Hall–Kier alpha value is -4.89. The molecule has 0 saturated carbocycles. The fraction of sp³-hybridized carbons (Fsp3) is 0.121. The third-order valence-electron chi connectivity index (χ3n) is 6.83. The SMILES string of the molecule is COc1cc(C=Nn2c(-c3cc4c(OC)cccc4o3)nc3ccccc3c2=O)c(Br)cc1OCc1ccc(C)cc1. The van der Waals surface area contributed by atoms with Crippen LogP contribution >= 0.6 is 15.9 Å². The summed E-state index contributed by atoms with van der Waals surface area (Å²) in [5.41, 5.74) is 3.72. The number of hydrogen-bond acceptors (Lipinski definition) is 7. The summed E-state index contributed by atoms with van der Waals surface area (Å²) in [5.74, 6) is 2.39. The van der Waals surface area contributed by atoms with Gasteiger partial charge in [-0.25, -0.2) is 4.98 Å². The van der Waals surface area contributed by atoms with Crippen molar-refractivity contribution in [2.75, 3.05) is 14.2 Å². The van der Waals surface area contributed by atoms with E-state index in [2.05, 4.69) is 21.0 Å². The van der Waals surface area contributed by atoms with E-state index < -0.39 is 0 Å². The first kappa shape index (κ1) is 27.3. The van der Waals surface area contributed by atoms with Crippen LogP contribution in [0, 0.1) is 6.92 Å². The van der Waals surface area contributed by atoms with Gasteiger partial charge in [-0.15, -0.1) is 0 Å². The van der Waals surface area contributed by atoms with Crippen LogP contribution in [0.4, 0.5) is 0 Å². The lowest BCUT2D eigenvalue weighted by molar-refractivity contribution is 0.284. The van der Waals surface area contributed by atoms with E-state index in [4.69, 9.17) is 23.6 Å². The fourth-order valence-electron chi connectivity index (χ4n) is 4.60. The molecule has 42 heavy (non-hydrogen) atoms. The van der Waals surface area contributed by atoms with E-state index in [9.17, 15) is 4.79 Å². The second kappa shape index (κ2) is 11.5. The highest BCUT2D eigenvalue weighted by atomic mass is 79.9. The normalized spacial score (nSPS) is 11.4. The van der Waals surface area contributed by atoms with Gasteiger partial charge in [0.25, 0.3) is 5.56 Å². The third-order valence-corrected chi connectivity index (χ3v) is 7.51. The molecule has 9 heteroatoms. The van der Waals surface area contributed by atoms with E-state index >= 15 is 0 Å². The Labute approximate surface area is 249 Å². The van der Waals surface area contributed by atoms with Gasteiger partial charge in [-0.05, 0) is 70.9 Å². The van der Waals surface area contributed by atoms with Crippen molar-refractivity contribution in [1.82, 2.24) is 9.66 Å². The average molecular weight is 624 g/mol. The Morgan fingerprint density at radius 1 is 0.905 bits per heavy atom. The molecule has 0 bridgehead atoms. The van der Waals surface area contributed by atoms with Crippen LogP contribution in [0.15, 0.2) is 104 Å². The van der Waals surface area contributed by atoms with Crippen LogP contribution in [-0.4, -0.2) is 30.1 Å². The molecule has 0 aliphatic carbocycles. The van der Waals surface area contributed by atoms with E-state index in [-0.39, 0.29) is 11.4 Å². The average Bonchev–Trinajstić information content (AvgIpc) is 3.45. The van der Waals surface area contributed by atoms with Crippen molar-refractivity contribution in [2.45, 2.75) is 13.5 Å². The number of ether oxygens (including phenoxy) is 3. The number of furan rings is 1. The molecule has 0 atom stereocenters. The van der Waals surface area contributed by atoms with Crippen LogP contribution in [0.1, 0.15) is 16.7 Å². The molecule has 0 spiro atoms. The van der Waals surface area contributed by atoms with Crippen LogP contribution < -0.4 is 19.8 Å². The number of hydrogen-bond donors (Lipinski definition) is 0. The van der Waals surface area contributed by atoms with Crippen molar-refractivity contribution in [1.29, 1.82) is 0 Å². The summed E-state index contributed by atoms with van der Waals surface area (Å²) in [6, 6.07) is 26.2. The summed E-state index contributed by atoms with van der Waals surface area (Å²) in [6.07, 6.45) is 1.57. The molecule has 6 aromatic rings. The molecule has 2 heterocycles. The van der Waals surface area contributed by atoms with E-state index in [1.807, 2.05) is 61.5 Å². The largest absolute Gasteiger partial charge is 0.496 e. The van der Waals surface area contributed by atoms with Crippen molar-refractivity contribution in [3.8, 4) is 28.8 Å². The molecule has 0 N–H and O–H groups in total. The minimum absolute atomic E-state index is 0.259. The van der Waals surface area contributed by atoms with E-state index in [1.54, 1.807) is 50.8 Å². The molecule has 0 aliphatic heterocycles. The van der Waals surface area contributed by atoms with Gasteiger partial charge in [-0.2, -0.15) is 9.78 Å². The number of halogens is 1. The van der Waals surface area contributed by atoms with Crippen molar-refractivity contribution in [3.05, 3.63) is 116 Å². The standard InChI is InChI=1S/C33H26BrN3O5/c1-20-11-13-21(14-12-20)19-41-30-17-25(34)22(15-29(30)40-3)18-35-37-32(36-26-8-5-4-7-23(26)33(37)38)31-16-24-27(39-2)9-6-10-28(24)42-31/h4-18H,19H2,1-3H3. The maximum atomic E-state index is 13.7. The molecular weight excluding hydrogens is 598 g/mol. The smallest absolute Gasteiger partial charge is 0.282 e. The highest BCUT2D eigenvalue weighted by Gasteiger charge is 2.18. The predicted octanol–water partition coefficient (Wildman–Crippen LogP) is 7.36. The molecule has 0 amide bonds. The van der Waals surface area contributed by atoms with Crippen molar-refractivity contribution in [2.24, 2.45) is 5.10 Å². The molecule has 0 radical (unpaired) electrons. The van der Waals surface area contributed by atoms with Crippen LogP contribution in [0.25, 0.3) is 33.5 Å². The lowest BCUT2D eigenvalue weighted by Gasteiger charge is -2.13. The van der Waals surface area contributed by atoms with Gasteiger partial charge in [-0.3, -0.25) is 4.79 Å². The number of benzene rings is 4. The lowest BCUT2D eigenvalue weighted by atomic mass is 10.2. The Bertz CT molecular complexity index is 2010. The summed E-state index contributed by atoms with van der Waals surface area (Å²) >= 11 is 3.62. The van der Waals surface area contributed by atoms with Gasteiger partial charge in [0.15, 0.2) is 17.3 Å². The highest BCUT2D eigenvalue weighted by Crippen LogP contribution is 2.35. The number of aryl methyl sites for hydroxylation is 1. The Kier molecular flexibility index (Phi) is 7.50. The van der Waals surface area contributed by atoms with E-state index in [0.717, 1.165) is 10.9 Å². The van der Waals surface area contributed by atoms with Crippen LogP contribution in [0.5, 0.6) is 17.2 Å². The van der Waals surface area contributed by atoms with Crippen molar-refractivity contribution >= 4 is 44.0 Å². The summed E-state index contributed by atoms with van der Waals surface area (Å²) < 4.78 is 25.2. The topological polar surface area (TPSA) is 88.1 Å². The molecule has 6 rings (SSSR count). The van der Waals surface area contributed by atoms with Gasteiger partial charge in [-0.1, -0.05) is 48.0 Å². The van der Waals surface area contributed by atoms with Gasteiger partial charge in [0, 0.05) is 10.0 Å². The zero-order chi connectivity index (χ0) is 29.2. The first-order valence-electron chi connectivity index (χ1n) is 13.1. The third kappa shape index (κ3) is 5.26. The molecule has 0 aliphatic rings. The van der Waals surface area contributed by atoms with Crippen LogP contribution in [-0.2, 0) is 6.61 Å². The quantitative estimate of drug-likeness (QED) is 0.165. The summed E-state index contributed by atoms with van der Waals surface area (Å²) in [5, 5.41) is 5.78. The summed E-state index contributed by atoms with van der Waals surface area (Å²) in [4.78, 5) is 18.4. The Balaban J connectivity index is 1.40. The minimum atomic E-state index is -0.333. The highest BCUT2D eigenvalue weighted by molar-refractivity contribution is 9.10. The van der Waals surface area contributed by atoms with Gasteiger partial charge < -0.3 is 18.6 Å². The Morgan fingerprint density at radius 2 is 1.69 bits per heavy atom. The molecule has 0 unspecified atom stereocenters.